The van der Waals surface area contributed by atoms with Crippen LogP contribution in [0.4, 0.5) is 0 Å². The zero-order chi connectivity index (χ0) is 7.07. The molecule has 1 aliphatic rings. The maximum absolute atomic E-state index is 3.60. The summed E-state index contributed by atoms with van der Waals surface area (Å²) in [4.78, 5) is 0. The molecule has 1 aliphatic heterocycles. The minimum Gasteiger partial charge on any atom is -0.391 e. The van der Waals surface area contributed by atoms with Gasteiger partial charge in [0.25, 0.3) is 0 Å². The Bertz CT molecular complexity index is 144. The third-order valence-electron chi connectivity index (χ3n) is 1.10. The highest BCUT2D eigenvalue weighted by Crippen LogP contribution is 1.84. The number of hydrogen-bond donors (Lipinski definition) is 2. The van der Waals surface area contributed by atoms with Crippen LogP contribution in [0.15, 0.2) is 30.7 Å². The van der Waals surface area contributed by atoms with Gasteiger partial charge < -0.3 is 5.32 Å². The number of aromatic nitrogens is 2. The van der Waals surface area contributed by atoms with Gasteiger partial charge in [-0.2, -0.15) is 5.10 Å². The fourth-order valence-corrected chi connectivity index (χ4v) is 0.632. The van der Waals surface area contributed by atoms with Gasteiger partial charge in [-0.15, -0.1) is 0 Å². The van der Waals surface area contributed by atoms with Gasteiger partial charge in [0.05, 0.1) is 0 Å². The Hall–Kier alpha value is -1.25. The van der Waals surface area contributed by atoms with Crippen LogP contribution in [0.1, 0.15) is 6.42 Å². The molecule has 1 aromatic heterocycles. The Balaban J connectivity index is 0.0000001000. The molecule has 0 spiro atoms. The Morgan fingerprint density at radius 2 is 2.40 bits per heavy atom. The number of hydrogen-bond acceptors (Lipinski definition) is 2. The molecule has 2 N–H and O–H groups in total. The summed E-state index contributed by atoms with van der Waals surface area (Å²) in [6, 6.07) is 1.83. The molecule has 0 saturated heterocycles. The van der Waals surface area contributed by atoms with E-state index >= 15 is 0 Å². The van der Waals surface area contributed by atoms with Crippen LogP contribution >= 0.6 is 0 Å². The predicted molar refractivity (Wildman–Crippen MR) is 40.3 cm³/mol. The van der Waals surface area contributed by atoms with E-state index < -0.39 is 0 Å². The van der Waals surface area contributed by atoms with Crippen molar-refractivity contribution in [3.05, 3.63) is 30.7 Å². The predicted octanol–water partition coefficient (Wildman–Crippen LogP) is 0.903. The molecule has 54 valence electrons. The number of aromatic amines is 1. The van der Waals surface area contributed by atoms with E-state index in [9.17, 15) is 0 Å². The number of rotatable bonds is 0. The van der Waals surface area contributed by atoms with E-state index in [0.29, 0.717) is 0 Å². The lowest BCUT2D eigenvalue weighted by atomic mass is 10.5. The number of nitrogens with zero attached hydrogens (tertiary/aromatic N) is 1. The van der Waals surface area contributed by atoms with Crippen LogP contribution in [0.5, 0.6) is 0 Å². The van der Waals surface area contributed by atoms with Gasteiger partial charge in [0.1, 0.15) is 0 Å². The third-order valence-corrected chi connectivity index (χ3v) is 1.10. The third kappa shape index (κ3) is 2.91. The van der Waals surface area contributed by atoms with Gasteiger partial charge in [0, 0.05) is 18.9 Å². The quantitative estimate of drug-likeness (QED) is 0.558. The van der Waals surface area contributed by atoms with E-state index in [1.165, 1.54) is 6.42 Å². The van der Waals surface area contributed by atoms with E-state index in [1.54, 1.807) is 12.4 Å². The van der Waals surface area contributed by atoms with Crippen molar-refractivity contribution in [2.24, 2.45) is 0 Å². The SMILES string of the molecule is C1=CNCC1.c1cn[nH]c1. The molecule has 0 unspecified atom stereocenters. The Morgan fingerprint density at radius 1 is 1.40 bits per heavy atom. The Morgan fingerprint density at radius 3 is 2.60 bits per heavy atom. The van der Waals surface area contributed by atoms with Gasteiger partial charge in [0.15, 0.2) is 0 Å². The molecule has 0 radical (unpaired) electrons. The lowest BCUT2D eigenvalue weighted by molar-refractivity contribution is 0.917. The highest BCUT2D eigenvalue weighted by atomic mass is 15.1. The molecule has 2 rings (SSSR count). The molecule has 3 heteroatoms. The van der Waals surface area contributed by atoms with Crippen LogP contribution in [0.2, 0.25) is 0 Å². The van der Waals surface area contributed by atoms with Crippen LogP contribution in [0, 0.1) is 0 Å². The van der Waals surface area contributed by atoms with Crippen LogP contribution in [-0.4, -0.2) is 16.7 Å². The second kappa shape index (κ2) is 4.61. The lowest BCUT2D eigenvalue weighted by Gasteiger charge is -1.78. The monoisotopic (exact) mass is 137 g/mol. The van der Waals surface area contributed by atoms with Crippen LogP contribution in [-0.2, 0) is 0 Å². The van der Waals surface area contributed by atoms with Gasteiger partial charge in [0.2, 0.25) is 0 Å². The molecule has 0 aliphatic carbocycles. The molecular formula is C7H11N3. The van der Waals surface area contributed by atoms with Crippen molar-refractivity contribution in [2.45, 2.75) is 6.42 Å². The smallest absolute Gasteiger partial charge is 0.0487 e. The molecule has 0 fully saturated rings. The molecule has 0 aromatic carbocycles. The van der Waals surface area contributed by atoms with Crippen molar-refractivity contribution in [1.82, 2.24) is 15.5 Å². The maximum Gasteiger partial charge on any atom is 0.0487 e. The lowest BCUT2D eigenvalue weighted by Crippen LogP contribution is -1.96. The topological polar surface area (TPSA) is 40.7 Å². The number of H-pyrrole nitrogens is 1. The van der Waals surface area contributed by atoms with E-state index in [1.807, 2.05) is 12.3 Å². The normalized spacial score (nSPS) is 13.6. The zero-order valence-corrected chi connectivity index (χ0v) is 5.75. The highest BCUT2D eigenvalue weighted by molar-refractivity contribution is 4.86. The number of nitrogens with one attached hydrogen (secondary N) is 2. The van der Waals surface area contributed by atoms with E-state index in [2.05, 4.69) is 21.6 Å². The Labute approximate surface area is 60.1 Å². The van der Waals surface area contributed by atoms with Crippen LogP contribution in [0.25, 0.3) is 0 Å². The van der Waals surface area contributed by atoms with Crippen molar-refractivity contribution < 1.29 is 0 Å². The van der Waals surface area contributed by atoms with Crippen molar-refractivity contribution >= 4 is 0 Å². The summed E-state index contributed by atoms with van der Waals surface area (Å²) in [5.74, 6) is 0. The van der Waals surface area contributed by atoms with Crippen LogP contribution in [0.3, 0.4) is 0 Å². The molecule has 0 saturated carbocycles. The molecule has 2 heterocycles. The summed E-state index contributed by atoms with van der Waals surface area (Å²) in [5.41, 5.74) is 0. The Kier molecular flexibility index (Phi) is 3.17. The first-order chi connectivity index (χ1) is 5.00. The standard InChI is InChI=1S/C4H7N.C3H4N2/c2*1-2-4-5-3-1/h1,3,5H,2,4H2;1-3H,(H,4,5). The highest BCUT2D eigenvalue weighted by Gasteiger charge is 1.81. The molecule has 0 bridgehead atoms. The van der Waals surface area contributed by atoms with Crippen molar-refractivity contribution in [1.29, 1.82) is 0 Å². The molecule has 1 aromatic rings. The fourth-order valence-electron chi connectivity index (χ4n) is 0.632. The van der Waals surface area contributed by atoms with Crippen molar-refractivity contribution in [3.63, 3.8) is 0 Å². The van der Waals surface area contributed by atoms with Gasteiger partial charge in [-0.25, -0.2) is 0 Å². The first-order valence-corrected chi connectivity index (χ1v) is 3.32. The minimum atomic E-state index is 1.14. The van der Waals surface area contributed by atoms with Crippen LogP contribution < -0.4 is 5.32 Å². The molecule has 0 atom stereocenters. The molecule has 3 nitrogen and oxygen atoms in total. The van der Waals surface area contributed by atoms with E-state index in [-0.39, 0.29) is 0 Å². The summed E-state index contributed by atoms with van der Waals surface area (Å²) < 4.78 is 0. The van der Waals surface area contributed by atoms with Gasteiger partial charge in [-0.05, 0) is 18.7 Å². The summed E-state index contributed by atoms with van der Waals surface area (Å²) in [7, 11) is 0. The first-order valence-electron chi connectivity index (χ1n) is 3.32. The van der Waals surface area contributed by atoms with E-state index in [4.69, 9.17) is 0 Å². The summed E-state index contributed by atoms with van der Waals surface area (Å²) in [6.07, 6.45) is 8.78. The average Bonchev–Trinajstić information content (AvgIpc) is 2.67. The first kappa shape index (κ1) is 6.86. The second-order valence-corrected chi connectivity index (χ2v) is 1.91. The fraction of sp³-hybridized carbons (Fsp3) is 0.286. The second-order valence-electron chi connectivity index (χ2n) is 1.91. The minimum absolute atomic E-state index is 1.14. The van der Waals surface area contributed by atoms with Gasteiger partial charge >= 0.3 is 0 Å². The van der Waals surface area contributed by atoms with Gasteiger partial charge in [-0.3, -0.25) is 5.10 Å². The summed E-state index contributed by atoms with van der Waals surface area (Å²) in [6.45, 7) is 1.14. The van der Waals surface area contributed by atoms with E-state index in [0.717, 1.165) is 6.54 Å². The molecule has 10 heavy (non-hydrogen) atoms. The van der Waals surface area contributed by atoms with Gasteiger partial charge in [-0.1, -0.05) is 6.08 Å². The van der Waals surface area contributed by atoms with Crippen molar-refractivity contribution in [2.75, 3.05) is 6.54 Å². The zero-order valence-electron chi connectivity index (χ0n) is 5.75. The van der Waals surface area contributed by atoms with Crippen molar-refractivity contribution in [3.8, 4) is 0 Å². The maximum atomic E-state index is 3.60. The summed E-state index contributed by atoms with van der Waals surface area (Å²) >= 11 is 0. The summed E-state index contributed by atoms with van der Waals surface area (Å²) in [5, 5.41) is 9.25. The molecular weight excluding hydrogens is 126 g/mol. The average molecular weight is 137 g/mol. The molecule has 0 amide bonds. The largest absolute Gasteiger partial charge is 0.391 e.